The highest BCUT2D eigenvalue weighted by Crippen LogP contribution is 2.20. The number of likely N-dealkylation sites (tertiary alicyclic amines) is 1. The van der Waals surface area contributed by atoms with E-state index >= 15 is 0 Å². The molecule has 2 atom stereocenters. The molecule has 0 saturated carbocycles. The van der Waals surface area contributed by atoms with Gasteiger partial charge in [-0.05, 0) is 37.2 Å². The van der Waals surface area contributed by atoms with Crippen LogP contribution in [-0.4, -0.2) is 35.8 Å². The molecule has 1 heterocycles. The first-order valence-electron chi connectivity index (χ1n) is 8.98. The van der Waals surface area contributed by atoms with Gasteiger partial charge in [0.15, 0.2) is 0 Å². The van der Waals surface area contributed by atoms with E-state index in [1.807, 2.05) is 23.1 Å². The van der Waals surface area contributed by atoms with E-state index in [2.05, 4.69) is 29.6 Å². The number of nitrogens with zero attached hydrogens (tertiary/aromatic N) is 1. The van der Waals surface area contributed by atoms with Crippen LogP contribution < -0.4 is 5.32 Å². The third-order valence-electron chi connectivity index (χ3n) is 4.94. The van der Waals surface area contributed by atoms with Gasteiger partial charge >= 0.3 is 0 Å². The Morgan fingerprint density at radius 2 is 2.00 bits per heavy atom. The lowest BCUT2D eigenvalue weighted by Crippen LogP contribution is -2.39. The number of hydrogen-bond donors (Lipinski definition) is 1. The van der Waals surface area contributed by atoms with Gasteiger partial charge in [-0.3, -0.25) is 9.59 Å². The molecular formula is C20H26N2O2. The minimum Gasteiger partial charge on any atom is -0.352 e. The quantitative estimate of drug-likeness (QED) is 0.817. The van der Waals surface area contributed by atoms with Gasteiger partial charge < -0.3 is 10.2 Å². The lowest BCUT2D eigenvalue weighted by molar-refractivity contribution is -0.130. The van der Waals surface area contributed by atoms with Crippen molar-refractivity contribution in [1.82, 2.24) is 10.2 Å². The molecule has 128 valence electrons. The molecule has 4 nitrogen and oxygen atoms in total. The molecule has 2 aliphatic rings. The zero-order valence-corrected chi connectivity index (χ0v) is 14.1. The Morgan fingerprint density at radius 3 is 2.75 bits per heavy atom. The standard InChI is InChI=1S/C20H26N2O2/c23-19(14-17-8-4-5-9-17)21-18-12-13-22(15-18)20(24)11-10-16-6-2-1-3-7-16/h1-4,6-8,17-18H,5,9-15H2,(H,21,23)/t17-,18-/m1/s1. The Hall–Kier alpha value is -2.10. The molecule has 24 heavy (non-hydrogen) atoms. The van der Waals surface area contributed by atoms with Crippen molar-refractivity contribution in [3.8, 4) is 0 Å². The summed E-state index contributed by atoms with van der Waals surface area (Å²) >= 11 is 0. The highest BCUT2D eigenvalue weighted by molar-refractivity contribution is 5.78. The van der Waals surface area contributed by atoms with Gasteiger partial charge in [-0.15, -0.1) is 0 Å². The van der Waals surface area contributed by atoms with E-state index in [1.54, 1.807) is 0 Å². The molecule has 0 spiro atoms. The molecular weight excluding hydrogens is 300 g/mol. The first-order valence-corrected chi connectivity index (χ1v) is 8.98. The van der Waals surface area contributed by atoms with Crippen LogP contribution in [0.3, 0.4) is 0 Å². The van der Waals surface area contributed by atoms with E-state index in [9.17, 15) is 9.59 Å². The molecule has 0 aromatic heterocycles. The molecule has 1 aliphatic carbocycles. The number of nitrogens with one attached hydrogen (secondary N) is 1. The molecule has 1 aliphatic heterocycles. The molecule has 1 fully saturated rings. The maximum atomic E-state index is 12.3. The Kier molecular flexibility index (Phi) is 5.68. The summed E-state index contributed by atoms with van der Waals surface area (Å²) in [5.41, 5.74) is 1.19. The fourth-order valence-electron chi connectivity index (χ4n) is 3.55. The van der Waals surface area contributed by atoms with Gasteiger partial charge in [0.25, 0.3) is 0 Å². The van der Waals surface area contributed by atoms with Crippen molar-refractivity contribution in [2.45, 2.75) is 44.6 Å². The molecule has 0 unspecified atom stereocenters. The summed E-state index contributed by atoms with van der Waals surface area (Å²) in [6, 6.07) is 10.2. The zero-order valence-electron chi connectivity index (χ0n) is 14.1. The van der Waals surface area contributed by atoms with Gasteiger partial charge in [-0.25, -0.2) is 0 Å². The fraction of sp³-hybridized carbons (Fsp3) is 0.500. The highest BCUT2D eigenvalue weighted by atomic mass is 16.2. The average Bonchev–Trinajstić information content (AvgIpc) is 3.25. The molecule has 2 amide bonds. The first kappa shape index (κ1) is 16.7. The topological polar surface area (TPSA) is 49.4 Å². The van der Waals surface area contributed by atoms with Gasteiger partial charge in [-0.1, -0.05) is 42.5 Å². The van der Waals surface area contributed by atoms with Crippen molar-refractivity contribution < 1.29 is 9.59 Å². The van der Waals surface area contributed by atoms with E-state index in [0.717, 1.165) is 32.2 Å². The van der Waals surface area contributed by atoms with Crippen LogP contribution in [0.5, 0.6) is 0 Å². The van der Waals surface area contributed by atoms with Crippen LogP contribution in [-0.2, 0) is 16.0 Å². The van der Waals surface area contributed by atoms with Crippen molar-refractivity contribution in [1.29, 1.82) is 0 Å². The molecule has 0 radical (unpaired) electrons. The van der Waals surface area contributed by atoms with Crippen LogP contribution in [0.4, 0.5) is 0 Å². The van der Waals surface area contributed by atoms with Crippen LogP contribution in [0.15, 0.2) is 42.5 Å². The van der Waals surface area contributed by atoms with Gasteiger partial charge in [0.05, 0.1) is 0 Å². The average molecular weight is 326 g/mol. The summed E-state index contributed by atoms with van der Waals surface area (Å²) in [6.07, 6.45) is 9.23. The predicted molar refractivity (Wildman–Crippen MR) is 94.4 cm³/mol. The van der Waals surface area contributed by atoms with Gasteiger partial charge in [0, 0.05) is 32.0 Å². The molecule has 1 aromatic rings. The second kappa shape index (κ2) is 8.13. The lowest BCUT2D eigenvalue weighted by atomic mass is 10.0. The number of amides is 2. The molecule has 1 aromatic carbocycles. The number of carbonyl (C=O) groups excluding carboxylic acids is 2. The van der Waals surface area contributed by atoms with Crippen LogP contribution in [0.1, 0.15) is 37.7 Å². The summed E-state index contributed by atoms with van der Waals surface area (Å²) in [5.74, 6) is 0.708. The summed E-state index contributed by atoms with van der Waals surface area (Å²) in [5, 5.41) is 3.10. The van der Waals surface area contributed by atoms with Crippen LogP contribution >= 0.6 is 0 Å². The maximum Gasteiger partial charge on any atom is 0.222 e. The molecule has 0 bridgehead atoms. The zero-order chi connectivity index (χ0) is 16.8. The Morgan fingerprint density at radius 1 is 1.17 bits per heavy atom. The smallest absolute Gasteiger partial charge is 0.222 e. The SMILES string of the molecule is O=C(C[C@@H]1C=CCC1)N[C@@H]1CCN(C(=O)CCc2ccccc2)C1. The van der Waals surface area contributed by atoms with Crippen molar-refractivity contribution in [2.75, 3.05) is 13.1 Å². The number of rotatable bonds is 6. The predicted octanol–water partition coefficient (Wildman–Crippen LogP) is 2.69. The second-order valence-corrected chi connectivity index (χ2v) is 6.85. The van der Waals surface area contributed by atoms with Crippen molar-refractivity contribution in [3.05, 3.63) is 48.0 Å². The summed E-state index contributed by atoms with van der Waals surface area (Å²) in [7, 11) is 0. The summed E-state index contributed by atoms with van der Waals surface area (Å²) < 4.78 is 0. The van der Waals surface area contributed by atoms with Crippen molar-refractivity contribution >= 4 is 11.8 Å². The van der Waals surface area contributed by atoms with Crippen LogP contribution in [0.25, 0.3) is 0 Å². The number of carbonyl (C=O) groups is 2. The van der Waals surface area contributed by atoms with Crippen LogP contribution in [0.2, 0.25) is 0 Å². The molecule has 1 saturated heterocycles. The van der Waals surface area contributed by atoms with E-state index in [4.69, 9.17) is 0 Å². The van der Waals surface area contributed by atoms with E-state index in [1.165, 1.54) is 5.56 Å². The van der Waals surface area contributed by atoms with Crippen LogP contribution in [0, 0.1) is 5.92 Å². The minimum atomic E-state index is 0.114. The molecule has 4 heteroatoms. The third kappa shape index (κ3) is 4.70. The second-order valence-electron chi connectivity index (χ2n) is 6.85. The largest absolute Gasteiger partial charge is 0.352 e. The number of aryl methyl sites for hydroxylation is 1. The minimum absolute atomic E-state index is 0.114. The first-order chi connectivity index (χ1) is 11.7. The van der Waals surface area contributed by atoms with E-state index in [-0.39, 0.29) is 17.9 Å². The highest BCUT2D eigenvalue weighted by Gasteiger charge is 2.27. The lowest BCUT2D eigenvalue weighted by Gasteiger charge is -2.18. The number of allylic oxidation sites excluding steroid dienone is 2. The third-order valence-corrected chi connectivity index (χ3v) is 4.94. The normalized spacial score (nSPS) is 22.8. The number of benzene rings is 1. The maximum absolute atomic E-state index is 12.3. The Labute approximate surface area is 143 Å². The summed E-state index contributed by atoms with van der Waals surface area (Å²) in [4.78, 5) is 26.3. The number of hydrogen-bond acceptors (Lipinski definition) is 2. The Bertz CT molecular complexity index is 597. The van der Waals surface area contributed by atoms with Gasteiger partial charge in [0.2, 0.25) is 11.8 Å². The molecule has 3 rings (SSSR count). The fourth-order valence-corrected chi connectivity index (χ4v) is 3.55. The Balaban J connectivity index is 1.38. The van der Waals surface area contributed by atoms with Gasteiger partial charge in [0.1, 0.15) is 0 Å². The molecule has 1 N–H and O–H groups in total. The van der Waals surface area contributed by atoms with Crippen molar-refractivity contribution in [2.24, 2.45) is 5.92 Å². The monoisotopic (exact) mass is 326 g/mol. The van der Waals surface area contributed by atoms with E-state index in [0.29, 0.717) is 25.3 Å². The van der Waals surface area contributed by atoms with E-state index < -0.39 is 0 Å². The summed E-state index contributed by atoms with van der Waals surface area (Å²) in [6.45, 7) is 1.40. The van der Waals surface area contributed by atoms with Gasteiger partial charge in [-0.2, -0.15) is 0 Å². The van der Waals surface area contributed by atoms with Crippen molar-refractivity contribution in [3.63, 3.8) is 0 Å².